The minimum atomic E-state index is -3.57. The third-order valence-electron chi connectivity index (χ3n) is 10.1. The fourth-order valence-electron chi connectivity index (χ4n) is 7.04. The zero-order valence-electron chi connectivity index (χ0n) is 29.1. The van der Waals surface area contributed by atoms with Crippen molar-refractivity contribution >= 4 is 71.5 Å². The first kappa shape index (κ1) is 34.6. The molecule has 2 aromatic carbocycles. The van der Waals surface area contributed by atoms with Crippen LogP contribution in [0.25, 0.3) is 11.0 Å². The molecule has 0 radical (unpaired) electrons. The smallest absolute Gasteiger partial charge is 0.237 e. The van der Waals surface area contributed by atoms with Gasteiger partial charge in [-0.3, -0.25) is 19.2 Å². The maximum absolute atomic E-state index is 13.4. The largest absolute Gasteiger partial charge is 0.494 e. The number of halogens is 1. The highest BCUT2D eigenvalue weighted by atomic mass is 79.9. The average Bonchev–Trinajstić information content (AvgIpc) is 4.00. The van der Waals surface area contributed by atoms with E-state index in [-0.39, 0.29) is 0 Å². The van der Waals surface area contributed by atoms with Gasteiger partial charge >= 0.3 is 0 Å². The summed E-state index contributed by atoms with van der Waals surface area (Å²) >= 11 is 3.58. The Hall–Kier alpha value is -3.79. The van der Waals surface area contributed by atoms with Crippen LogP contribution in [0.2, 0.25) is 0 Å². The van der Waals surface area contributed by atoms with Crippen LogP contribution in [-0.4, -0.2) is 110 Å². The molecule has 7 rings (SSSR count). The molecule has 0 unspecified atom stereocenters. The van der Waals surface area contributed by atoms with Crippen molar-refractivity contribution in [2.45, 2.75) is 50.3 Å². The highest BCUT2D eigenvalue weighted by Gasteiger charge is 2.40. The summed E-state index contributed by atoms with van der Waals surface area (Å²) in [5, 5.41) is 6.34. The van der Waals surface area contributed by atoms with E-state index in [0.29, 0.717) is 63.3 Å². The van der Waals surface area contributed by atoms with Gasteiger partial charge in [0.1, 0.15) is 22.8 Å². The zero-order chi connectivity index (χ0) is 35.0. The Bertz CT molecular complexity index is 1960. The molecule has 13 nitrogen and oxygen atoms in total. The third kappa shape index (κ3) is 7.05. The number of likely N-dealkylation sites (N-methyl/N-ethyl adjacent to an activating group) is 1. The van der Waals surface area contributed by atoms with Crippen LogP contribution in [0.15, 0.2) is 47.3 Å². The van der Waals surface area contributed by atoms with Crippen molar-refractivity contribution in [1.82, 2.24) is 29.7 Å². The van der Waals surface area contributed by atoms with Crippen LogP contribution in [-0.2, 0) is 16.4 Å². The second-order valence-electron chi connectivity index (χ2n) is 13.3. The van der Waals surface area contributed by atoms with E-state index in [1.54, 1.807) is 38.8 Å². The van der Waals surface area contributed by atoms with Crippen LogP contribution in [0.3, 0.4) is 0 Å². The van der Waals surface area contributed by atoms with E-state index in [2.05, 4.69) is 82.3 Å². The SMILES string of the molecule is CCc1cc(Nc2ncc(Br)c(Nc3ccc4nccnc4c3N(C)S(=O)(=O)C3CC3)n2)c(OC)cc1N1CCC(N2CCN(C)CC2)CC1. The molecule has 4 heterocycles. The maximum atomic E-state index is 13.4. The van der Waals surface area contributed by atoms with Gasteiger partial charge in [-0.05, 0) is 78.8 Å². The molecule has 266 valence electrons. The second kappa shape index (κ2) is 14.4. The summed E-state index contributed by atoms with van der Waals surface area (Å²) in [5.41, 5.74) is 5.23. The molecule has 2 saturated heterocycles. The number of fused-ring (bicyclic) bond motifs is 1. The maximum Gasteiger partial charge on any atom is 0.237 e. The normalized spacial score (nSPS) is 18.0. The summed E-state index contributed by atoms with van der Waals surface area (Å²) in [7, 11) is 1.89. The summed E-state index contributed by atoms with van der Waals surface area (Å²) in [6.45, 7) is 8.82. The number of ether oxygens (including phenoxy) is 1. The Balaban J connectivity index is 1.13. The fraction of sp³-hybridized carbons (Fsp3) is 0.486. The van der Waals surface area contributed by atoms with Crippen LogP contribution >= 0.6 is 15.9 Å². The Morgan fingerprint density at radius 3 is 2.40 bits per heavy atom. The number of aryl methyl sites for hydroxylation is 1. The number of aromatic nitrogens is 4. The third-order valence-corrected chi connectivity index (χ3v) is 13.0. The number of sulfonamides is 1. The molecule has 3 aliphatic rings. The Morgan fingerprint density at radius 1 is 0.960 bits per heavy atom. The van der Waals surface area contributed by atoms with Gasteiger partial charge in [-0.15, -0.1) is 0 Å². The minimum Gasteiger partial charge on any atom is -0.494 e. The monoisotopic (exact) mass is 764 g/mol. The van der Waals surface area contributed by atoms with E-state index in [1.165, 1.54) is 15.6 Å². The molecular formula is C35H45BrN10O3S. The van der Waals surface area contributed by atoms with Crippen LogP contribution in [0.5, 0.6) is 5.75 Å². The van der Waals surface area contributed by atoms with Gasteiger partial charge in [0.25, 0.3) is 0 Å². The molecule has 1 aliphatic carbocycles. The number of anilines is 6. The highest BCUT2D eigenvalue weighted by molar-refractivity contribution is 9.10. The van der Waals surface area contributed by atoms with Gasteiger partial charge in [-0.2, -0.15) is 4.98 Å². The predicted molar refractivity (Wildman–Crippen MR) is 203 cm³/mol. The van der Waals surface area contributed by atoms with Gasteiger partial charge in [0.05, 0.1) is 33.7 Å². The van der Waals surface area contributed by atoms with Crippen molar-refractivity contribution in [2.24, 2.45) is 0 Å². The van der Waals surface area contributed by atoms with Crippen molar-refractivity contribution in [3.05, 3.63) is 52.9 Å². The molecule has 50 heavy (non-hydrogen) atoms. The van der Waals surface area contributed by atoms with Crippen LogP contribution < -0.4 is 24.6 Å². The summed E-state index contributed by atoms with van der Waals surface area (Å²) in [5.74, 6) is 1.53. The number of rotatable bonds is 11. The summed E-state index contributed by atoms with van der Waals surface area (Å²) in [4.78, 5) is 25.9. The number of methoxy groups -OCH3 is 1. The number of piperazine rings is 1. The Morgan fingerprint density at radius 2 is 1.70 bits per heavy atom. The van der Waals surface area contributed by atoms with E-state index in [4.69, 9.17) is 9.72 Å². The van der Waals surface area contributed by atoms with E-state index < -0.39 is 15.3 Å². The van der Waals surface area contributed by atoms with Crippen LogP contribution in [0.4, 0.5) is 34.5 Å². The zero-order valence-corrected chi connectivity index (χ0v) is 31.5. The van der Waals surface area contributed by atoms with Crippen molar-refractivity contribution in [1.29, 1.82) is 0 Å². The molecule has 3 fully saturated rings. The molecule has 0 atom stereocenters. The number of benzene rings is 2. The summed E-state index contributed by atoms with van der Waals surface area (Å²) in [6.07, 6.45) is 9.30. The predicted octanol–water partition coefficient (Wildman–Crippen LogP) is 5.39. The van der Waals surface area contributed by atoms with Gasteiger partial charge in [0.2, 0.25) is 16.0 Å². The summed E-state index contributed by atoms with van der Waals surface area (Å²) < 4.78 is 34.6. The standard InChI is InChI=1S/C35H45BrN10O3S/c1-5-23-20-29(31(49-4)21-30(23)46-14-10-24(11-15-46)45-18-16-43(2)17-19-45)41-35-39-22-26(36)34(42-35)40-28-9-8-27-32(38-13-12-37-27)33(28)44(3)50(47,48)25-6-7-25/h8-9,12-13,20-22,24-25H,5-7,10-11,14-19H2,1-4H3,(H2,39,40,41,42). The molecule has 4 aromatic rings. The van der Waals surface area contributed by atoms with Crippen molar-refractivity contribution in [2.75, 3.05) is 80.3 Å². The fourth-order valence-corrected chi connectivity index (χ4v) is 8.95. The Labute approximate surface area is 302 Å². The molecule has 2 aliphatic heterocycles. The van der Waals surface area contributed by atoms with Crippen molar-refractivity contribution in [3.8, 4) is 5.75 Å². The Kier molecular flexibility index (Phi) is 10.0. The van der Waals surface area contributed by atoms with E-state index in [0.717, 1.165) is 64.2 Å². The highest BCUT2D eigenvalue weighted by Crippen LogP contribution is 2.41. The number of nitrogens with zero attached hydrogens (tertiary/aromatic N) is 8. The number of nitrogens with one attached hydrogen (secondary N) is 2. The lowest BCUT2D eigenvalue weighted by molar-refractivity contribution is 0.0982. The van der Waals surface area contributed by atoms with Crippen molar-refractivity contribution < 1.29 is 13.2 Å². The molecule has 2 aromatic heterocycles. The lowest BCUT2D eigenvalue weighted by Gasteiger charge is -2.43. The van der Waals surface area contributed by atoms with Gasteiger partial charge in [0, 0.05) is 82.7 Å². The minimum absolute atomic E-state index is 0.359. The topological polar surface area (TPSA) is 132 Å². The molecule has 1 saturated carbocycles. The van der Waals surface area contributed by atoms with E-state index in [1.807, 2.05) is 6.07 Å². The first-order valence-corrected chi connectivity index (χ1v) is 19.6. The first-order valence-electron chi connectivity index (χ1n) is 17.3. The van der Waals surface area contributed by atoms with Crippen molar-refractivity contribution in [3.63, 3.8) is 0 Å². The first-order chi connectivity index (χ1) is 24.2. The second-order valence-corrected chi connectivity index (χ2v) is 16.4. The summed E-state index contributed by atoms with van der Waals surface area (Å²) in [6, 6.07) is 8.53. The van der Waals surface area contributed by atoms with Gasteiger partial charge in [-0.1, -0.05) is 6.92 Å². The average molecular weight is 766 g/mol. The molecule has 2 N–H and O–H groups in total. The van der Waals surface area contributed by atoms with Crippen LogP contribution in [0, 0.1) is 0 Å². The van der Waals surface area contributed by atoms with E-state index >= 15 is 0 Å². The molecule has 0 spiro atoms. The molecule has 15 heteroatoms. The lowest BCUT2D eigenvalue weighted by atomic mass is 9.99. The number of hydrogen-bond acceptors (Lipinski definition) is 12. The van der Waals surface area contributed by atoms with Gasteiger partial charge in [-0.25, -0.2) is 13.4 Å². The molecule has 0 amide bonds. The van der Waals surface area contributed by atoms with Gasteiger partial charge < -0.3 is 25.2 Å². The quantitative estimate of drug-likeness (QED) is 0.203. The lowest BCUT2D eigenvalue weighted by Crippen LogP contribution is -2.52. The number of hydrogen-bond donors (Lipinski definition) is 2. The van der Waals surface area contributed by atoms with Crippen LogP contribution in [0.1, 0.15) is 38.2 Å². The molecule has 0 bridgehead atoms. The molecular weight excluding hydrogens is 720 g/mol. The van der Waals surface area contributed by atoms with E-state index in [9.17, 15) is 8.42 Å². The number of piperidine rings is 1. The van der Waals surface area contributed by atoms with Gasteiger partial charge in [0.15, 0.2) is 0 Å².